The highest BCUT2D eigenvalue weighted by Crippen LogP contribution is 2.19. The summed E-state index contributed by atoms with van der Waals surface area (Å²) in [7, 11) is 0. The lowest BCUT2D eigenvalue weighted by Gasteiger charge is -2.10. The molecule has 1 heterocycles. The third-order valence-electron chi connectivity index (χ3n) is 3.15. The van der Waals surface area contributed by atoms with Gasteiger partial charge in [-0.05, 0) is 29.8 Å². The van der Waals surface area contributed by atoms with Crippen LogP contribution in [-0.4, -0.2) is 9.97 Å². The molecule has 1 aromatic heterocycles. The minimum Gasteiger partial charge on any atom is -0.342 e. The zero-order valence-corrected chi connectivity index (χ0v) is 13.5. The van der Waals surface area contributed by atoms with E-state index in [1.54, 1.807) is 0 Å². The number of nitrogens with zero attached hydrogens (tertiary/aromatic N) is 1. The van der Waals surface area contributed by atoms with Gasteiger partial charge in [0.05, 0.1) is 11.0 Å². The van der Waals surface area contributed by atoms with Gasteiger partial charge in [-0.2, -0.15) is 0 Å². The average Bonchev–Trinajstić information content (AvgIpc) is 2.81. The minimum absolute atomic E-state index is 0. The van der Waals surface area contributed by atoms with Crippen molar-refractivity contribution in [3.05, 3.63) is 64.9 Å². The van der Waals surface area contributed by atoms with E-state index in [9.17, 15) is 0 Å². The van der Waals surface area contributed by atoms with E-state index >= 15 is 0 Å². The number of hydrogen-bond donors (Lipinski definition) is 2. The molecule has 6 heteroatoms. The number of imidazole rings is 1. The molecule has 1 unspecified atom stereocenters. The van der Waals surface area contributed by atoms with Crippen molar-refractivity contribution in [3.63, 3.8) is 0 Å². The Morgan fingerprint density at radius 1 is 1.05 bits per heavy atom. The molecule has 0 bridgehead atoms. The Labute approximate surface area is 140 Å². The summed E-state index contributed by atoms with van der Waals surface area (Å²) in [6, 6.07) is 15.5. The topological polar surface area (TPSA) is 54.7 Å². The van der Waals surface area contributed by atoms with E-state index in [0.717, 1.165) is 27.4 Å². The molecule has 3 rings (SSSR count). The van der Waals surface area contributed by atoms with Gasteiger partial charge < -0.3 is 10.7 Å². The van der Waals surface area contributed by atoms with Crippen LogP contribution in [0.25, 0.3) is 11.0 Å². The third kappa shape index (κ3) is 4.11. The Morgan fingerprint density at radius 2 is 1.71 bits per heavy atom. The lowest BCUT2D eigenvalue weighted by molar-refractivity contribution is 0.696. The lowest BCUT2D eigenvalue weighted by Crippen LogP contribution is -2.13. The Hall–Kier alpha value is -1.26. The maximum Gasteiger partial charge on any atom is 0.109 e. The molecule has 3 N–H and O–H groups in total. The van der Waals surface area contributed by atoms with Crippen LogP contribution in [-0.2, 0) is 6.42 Å². The van der Waals surface area contributed by atoms with Crippen LogP contribution in [0, 0.1) is 0 Å². The summed E-state index contributed by atoms with van der Waals surface area (Å²) in [4.78, 5) is 7.82. The van der Waals surface area contributed by atoms with Crippen molar-refractivity contribution in [2.75, 3.05) is 0 Å². The summed E-state index contributed by atoms with van der Waals surface area (Å²) < 4.78 is 0. The highest BCUT2D eigenvalue weighted by atomic mass is 35.5. The fourth-order valence-corrected chi connectivity index (χ4v) is 2.26. The molecule has 3 aromatic rings. The van der Waals surface area contributed by atoms with Gasteiger partial charge in [0.1, 0.15) is 5.82 Å². The Morgan fingerprint density at radius 3 is 2.38 bits per heavy atom. The van der Waals surface area contributed by atoms with E-state index in [1.807, 2.05) is 48.5 Å². The quantitative estimate of drug-likeness (QED) is 0.744. The first-order valence-electron chi connectivity index (χ1n) is 6.17. The first kappa shape index (κ1) is 17.8. The van der Waals surface area contributed by atoms with Crippen molar-refractivity contribution in [3.8, 4) is 0 Å². The van der Waals surface area contributed by atoms with E-state index in [1.165, 1.54) is 0 Å². The molecule has 0 amide bonds. The summed E-state index contributed by atoms with van der Waals surface area (Å²) in [5, 5.41) is 0.722. The number of benzene rings is 2. The molecule has 2 aromatic carbocycles. The van der Waals surface area contributed by atoms with Crippen molar-refractivity contribution in [2.24, 2.45) is 5.73 Å². The highest BCUT2D eigenvalue weighted by molar-refractivity contribution is 6.30. The van der Waals surface area contributed by atoms with Gasteiger partial charge in [-0.1, -0.05) is 35.9 Å². The van der Waals surface area contributed by atoms with Gasteiger partial charge in [-0.25, -0.2) is 4.98 Å². The van der Waals surface area contributed by atoms with E-state index in [-0.39, 0.29) is 30.9 Å². The molecule has 0 aliphatic rings. The first-order valence-corrected chi connectivity index (χ1v) is 6.55. The van der Waals surface area contributed by atoms with E-state index in [0.29, 0.717) is 6.42 Å². The van der Waals surface area contributed by atoms with Crippen molar-refractivity contribution in [2.45, 2.75) is 12.5 Å². The van der Waals surface area contributed by atoms with Crippen molar-refractivity contribution in [1.82, 2.24) is 9.97 Å². The van der Waals surface area contributed by atoms with E-state index in [2.05, 4.69) is 9.97 Å². The van der Waals surface area contributed by atoms with Crippen LogP contribution in [0.2, 0.25) is 5.02 Å². The van der Waals surface area contributed by atoms with E-state index in [4.69, 9.17) is 17.3 Å². The molecule has 1 atom stereocenters. The molecule has 0 saturated heterocycles. The molecule has 0 radical (unpaired) electrons. The Balaban J connectivity index is 0.00000110. The molecule has 0 aliphatic heterocycles. The summed E-state index contributed by atoms with van der Waals surface area (Å²) in [6.45, 7) is 0. The SMILES string of the molecule is Cl.Cl.NC(Cc1nc2ccccc2[nH]1)c1ccc(Cl)cc1. The molecule has 0 saturated carbocycles. The summed E-state index contributed by atoms with van der Waals surface area (Å²) in [6.07, 6.45) is 0.677. The number of para-hydroxylation sites is 2. The Kier molecular flexibility index (Phi) is 6.49. The van der Waals surface area contributed by atoms with Gasteiger partial charge in [0.15, 0.2) is 0 Å². The molecule has 112 valence electrons. The fourth-order valence-electron chi connectivity index (χ4n) is 2.14. The van der Waals surface area contributed by atoms with Crippen molar-refractivity contribution < 1.29 is 0 Å². The number of H-pyrrole nitrogens is 1. The monoisotopic (exact) mass is 343 g/mol. The largest absolute Gasteiger partial charge is 0.342 e. The number of nitrogens with two attached hydrogens (primary N) is 1. The maximum atomic E-state index is 6.20. The zero-order valence-electron chi connectivity index (χ0n) is 11.1. The molecule has 3 nitrogen and oxygen atoms in total. The second kappa shape index (κ2) is 7.66. The number of aromatic nitrogens is 2. The number of nitrogens with one attached hydrogen (secondary N) is 1. The van der Waals surface area contributed by atoms with Crippen LogP contribution in [0.1, 0.15) is 17.4 Å². The molecule has 21 heavy (non-hydrogen) atoms. The highest BCUT2D eigenvalue weighted by Gasteiger charge is 2.10. The van der Waals surface area contributed by atoms with Gasteiger partial charge in [-0.3, -0.25) is 0 Å². The summed E-state index contributed by atoms with van der Waals surface area (Å²) in [5.74, 6) is 0.906. The van der Waals surface area contributed by atoms with E-state index < -0.39 is 0 Å². The molecule has 0 spiro atoms. The van der Waals surface area contributed by atoms with Crippen LogP contribution in [0.15, 0.2) is 48.5 Å². The lowest BCUT2D eigenvalue weighted by atomic mass is 10.0. The Bertz CT molecular complexity index is 662. The van der Waals surface area contributed by atoms with Crippen LogP contribution in [0.5, 0.6) is 0 Å². The second-order valence-corrected chi connectivity index (χ2v) is 5.00. The first-order chi connectivity index (χ1) is 9.22. The predicted molar refractivity (Wildman–Crippen MR) is 92.7 cm³/mol. The molecular weight excluding hydrogens is 329 g/mol. The van der Waals surface area contributed by atoms with Gasteiger partial charge >= 0.3 is 0 Å². The zero-order chi connectivity index (χ0) is 13.2. The molecular formula is C15H16Cl3N3. The summed E-state index contributed by atoms with van der Waals surface area (Å²) >= 11 is 5.87. The third-order valence-corrected chi connectivity index (χ3v) is 3.40. The average molecular weight is 345 g/mol. The predicted octanol–water partition coefficient (Wildman–Crippen LogP) is 4.30. The molecule has 0 fully saturated rings. The van der Waals surface area contributed by atoms with Gasteiger partial charge in [0, 0.05) is 17.5 Å². The fraction of sp³-hybridized carbons (Fsp3) is 0.133. The number of rotatable bonds is 3. The molecule has 0 aliphatic carbocycles. The van der Waals surface area contributed by atoms with Crippen molar-refractivity contribution in [1.29, 1.82) is 0 Å². The smallest absolute Gasteiger partial charge is 0.109 e. The van der Waals surface area contributed by atoms with Gasteiger partial charge in [0.2, 0.25) is 0 Å². The number of halogens is 3. The van der Waals surface area contributed by atoms with Gasteiger partial charge in [0.25, 0.3) is 0 Å². The number of fused-ring (bicyclic) bond motifs is 1. The number of aromatic amines is 1. The van der Waals surface area contributed by atoms with Crippen molar-refractivity contribution >= 4 is 47.4 Å². The minimum atomic E-state index is -0.0853. The normalized spacial score (nSPS) is 11.5. The van der Waals surface area contributed by atoms with Gasteiger partial charge in [-0.15, -0.1) is 24.8 Å². The summed E-state index contributed by atoms with van der Waals surface area (Å²) in [5.41, 5.74) is 9.27. The second-order valence-electron chi connectivity index (χ2n) is 4.56. The van der Waals surface area contributed by atoms with Crippen LogP contribution < -0.4 is 5.73 Å². The van der Waals surface area contributed by atoms with Crippen LogP contribution in [0.3, 0.4) is 0 Å². The van der Waals surface area contributed by atoms with Crippen LogP contribution in [0.4, 0.5) is 0 Å². The maximum absolute atomic E-state index is 6.20. The standard InChI is InChI=1S/C15H14ClN3.2ClH/c16-11-7-5-10(6-8-11)12(17)9-15-18-13-3-1-2-4-14(13)19-15;;/h1-8,12H,9,17H2,(H,18,19);2*1H. The van der Waals surface area contributed by atoms with Crippen LogP contribution >= 0.6 is 36.4 Å². The number of hydrogen-bond acceptors (Lipinski definition) is 2.